The topological polar surface area (TPSA) is 51.1 Å². The fraction of sp³-hybridized carbons (Fsp3) is 0.200. The summed E-state index contributed by atoms with van der Waals surface area (Å²) < 4.78 is 42.3. The Morgan fingerprint density at radius 1 is 1.21 bits per heavy atom. The second-order valence-electron chi connectivity index (χ2n) is 7.71. The van der Waals surface area contributed by atoms with Crippen molar-refractivity contribution in [2.75, 3.05) is 6.54 Å². The van der Waals surface area contributed by atoms with Gasteiger partial charge in [-0.3, -0.25) is 9.59 Å². The SMILES string of the molecule is C=CCNC(=O)c1c2n(c(C)cc1=O)-c1cc(C(F)(F)F)ccc1SC(c1ccccc1)C2. The van der Waals surface area contributed by atoms with E-state index in [-0.39, 0.29) is 17.4 Å². The van der Waals surface area contributed by atoms with E-state index >= 15 is 0 Å². The van der Waals surface area contributed by atoms with Crippen molar-refractivity contribution in [2.24, 2.45) is 0 Å². The van der Waals surface area contributed by atoms with Crippen LogP contribution >= 0.6 is 11.8 Å². The molecule has 2 aromatic carbocycles. The Labute approximate surface area is 193 Å². The van der Waals surface area contributed by atoms with Crippen molar-refractivity contribution in [2.45, 2.75) is 29.7 Å². The van der Waals surface area contributed by atoms with Crippen LogP contribution in [-0.2, 0) is 12.6 Å². The molecule has 1 atom stereocenters. The summed E-state index contributed by atoms with van der Waals surface area (Å²) in [7, 11) is 0. The third-order valence-electron chi connectivity index (χ3n) is 5.48. The average Bonchev–Trinajstić information content (AvgIpc) is 2.94. The van der Waals surface area contributed by atoms with Crippen LogP contribution in [0, 0.1) is 6.92 Å². The first kappa shape index (κ1) is 22.9. The number of rotatable bonds is 4. The fourth-order valence-corrected chi connectivity index (χ4v) is 5.27. The molecule has 1 aliphatic heterocycles. The van der Waals surface area contributed by atoms with Crippen LogP contribution in [0.25, 0.3) is 5.69 Å². The summed E-state index contributed by atoms with van der Waals surface area (Å²) in [6.45, 7) is 5.40. The van der Waals surface area contributed by atoms with Gasteiger partial charge < -0.3 is 9.88 Å². The summed E-state index contributed by atoms with van der Waals surface area (Å²) in [5.74, 6) is -0.573. The first-order chi connectivity index (χ1) is 15.7. The number of carbonyl (C=O) groups is 1. The van der Waals surface area contributed by atoms with Crippen LogP contribution in [0.3, 0.4) is 0 Å². The number of hydrogen-bond acceptors (Lipinski definition) is 3. The second kappa shape index (κ2) is 8.94. The van der Waals surface area contributed by atoms with Gasteiger partial charge in [0.2, 0.25) is 0 Å². The Bertz CT molecular complexity index is 1280. The smallest absolute Gasteiger partial charge is 0.348 e. The maximum absolute atomic E-state index is 13.5. The first-order valence-electron chi connectivity index (χ1n) is 10.3. The number of thioether (sulfide) groups is 1. The molecule has 4 nitrogen and oxygen atoms in total. The van der Waals surface area contributed by atoms with Crippen molar-refractivity contribution in [3.63, 3.8) is 0 Å². The summed E-state index contributed by atoms with van der Waals surface area (Å²) in [5, 5.41) is 2.43. The predicted octanol–water partition coefficient (Wildman–Crippen LogP) is 5.47. The van der Waals surface area contributed by atoms with Crippen LogP contribution in [0.4, 0.5) is 13.2 Å². The summed E-state index contributed by atoms with van der Waals surface area (Å²) >= 11 is 1.42. The number of halogens is 3. The maximum atomic E-state index is 13.5. The van der Waals surface area contributed by atoms with E-state index in [0.717, 1.165) is 17.7 Å². The van der Waals surface area contributed by atoms with Crippen molar-refractivity contribution in [3.05, 3.63) is 106 Å². The Morgan fingerprint density at radius 2 is 1.94 bits per heavy atom. The summed E-state index contributed by atoms with van der Waals surface area (Å²) in [6, 6.07) is 14.4. The number of benzene rings is 2. The first-order valence-corrected chi connectivity index (χ1v) is 11.2. The number of fused-ring (bicyclic) bond motifs is 3. The molecular formula is C25H21F3N2O2S. The van der Waals surface area contributed by atoms with Gasteiger partial charge in [0.15, 0.2) is 5.43 Å². The van der Waals surface area contributed by atoms with E-state index in [9.17, 15) is 22.8 Å². The highest BCUT2D eigenvalue weighted by atomic mass is 32.2. The summed E-state index contributed by atoms with van der Waals surface area (Å²) in [6.07, 6.45) is -2.74. The van der Waals surface area contributed by atoms with Gasteiger partial charge in [0.25, 0.3) is 5.91 Å². The standard InChI is InChI=1S/C25H21F3N2O2S/c1-3-11-29-24(32)23-19-14-22(16-7-5-4-6-8-16)33-21-10-9-17(25(26,27)28)13-18(21)30(19)15(2)12-20(23)31/h3-10,12-13,22H,1,11,14H2,2H3,(H,29,32). The lowest BCUT2D eigenvalue weighted by Crippen LogP contribution is -2.32. The number of aromatic nitrogens is 1. The Hall–Kier alpha value is -3.26. The van der Waals surface area contributed by atoms with Gasteiger partial charge in [-0.1, -0.05) is 36.4 Å². The molecule has 2 heterocycles. The van der Waals surface area contributed by atoms with Crippen LogP contribution in [0.1, 0.15) is 38.1 Å². The Morgan fingerprint density at radius 3 is 2.61 bits per heavy atom. The van der Waals surface area contributed by atoms with Gasteiger partial charge in [-0.2, -0.15) is 13.2 Å². The predicted molar refractivity (Wildman–Crippen MR) is 123 cm³/mol. The van der Waals surface area contributed by atoms with Gasteiger partial charge in [0.1, 0.15) is 5.56 Å². The molecule has 0 spiro atoms. The van der Waals surface area contributed by atoms with E-state index < -0.39 is 23.1 Å². The number of nitrogens with one attached hydrogen (secondary N) is 1. The van der Waals surface area contributed by atoms with Gasteiger partial charge in [-0.05, 0) is 30.7 Å². The molecule has 0 radical (unpaired) electrons. The number of pyridine rings is 1. The third kappa shape index (κ3) is 4.48. The highest BCUT2D eigenvalue weighted by molar-refractivity contribution is 7.99. The summed E-state index contributed by atoms with van der Waals surface area (Å²) in [5.41, 5.74) is 0.793. The number of amides is 1. The van der Waals surface area contributed by atoms with Gasteiger partial charge in [-0.25, -0.2) is 0 Å². The highest BCUT2D eigenvalue weighted by Gasteiger charge is 2.34. The van der Waals surface area contributed by atoms with E-state index in [0.29, 0.717) is 28.4 Å². The minimum atomic E-state index is -4.53. The van der Waals surface area contributed by atoms with Gasteiger partial charge in [0, 0.05) is 40.6 Å². The van der Waals surface area contributed by atoms with Crippen molar-refractivity contribution in [1.82, 2.24) is 9.88 Å². The maximum Gasteiger partial charge on any atom is 0.416 e. The van der Waals surface area contributed by atoms with Crippen LogP contribution in [0.5, 0.6) is 0 Å². The van der Waals surface area contributed by atoms with Crippen LogP contribution < -0.4 is 10.7 Å². The molecule has 33 heavy (non-hydrogen) atoms. The minimum Gasteiger partial charge on any atom is -0.348 e. The lowest BCUT2D eigenvalue weighted by Gasteiger charge is -2.20. The Balaban J connectivity index is 2.01. The van der Waals surface area contributed by atoms with Crippen molar-refractivity contribution in [1.29, 1.82) is 0 Å². The normalized spacial score (nSPS) is 15.2. The molecular weight excluding hydrogens is 449 g/mol. The molecule has 1 N–H and O–H groups in total. The number of nitrogens with zero attached hydrogens (tertiary/aromatic N) is 1. The highest BCUT2D eigenvalue weighted by Crippen LogP contribution is 2.45. The van der Waals surface area contributed by atoms with Crippen molar-refractivity contribution < 1.29 is 18.0 Å². The quantitative estimate of drug-likeness (QED) is 0.515. The molecule has 1 aliphatic rings. The molecule has 1 unspecified atom stereocenters. The third-order valence-corrected chi connectivity index (χ3v) is 6.80. The molecule has 0 bridgehead atoms. The second-order valence-corrected chi connectivity index (χ2v) is 8.95. The molecule has 0 saturated heterocycles. The minimum absolute atomic E-state index is 0.0609. The molecule has 3 aromatic rings. The Kier molecular flexibility index (Phi) is 6.21. The average molecular weight is 471 g/mol. The largest absolute Gasteiger partial charge is 0.416 e. The number of alkyl halides is 3. The van der Waals surface area contributed by atoms with Crippen LogP contribution in [0.2, 0.25) is 0 Å². The molecule has 8 heteroatoms. The van der Waals surface area contributed by atoms with Crippen molar-refractivity contribution in [3.8, 4) is 5.69 Å². The van der Waals surface area contributed by atoms with E-state index in [1.165, 1.54) is 30.0 Å². The zero-order chi connectivity index (χ0) is 23.8. The van der Waals surface area contributed by atoms with Crippen molar-refractivity contribution >= 4 is 17.7 Å². The monoisotopic (exact) mass is 470 g/mol. The van der Waals surface area contributed by atoms with Crippen LogP contribution in [-0.4, -0.2) is 17.0 Å². The summed E-state index contributed by atoms with van der Waals surface area (Å²) in [4.78, 5) is 26.5. The molecule has 1 aromatic heterocycles. The lowest BCUT2D eigenvalue weighted by atomic mass is 10.0. The van der Waals surface area contributed by atoms with E-state index in [1.54, 1.807) is 11.5 Å². The number of hydrogen-bond donors (Lipinski definition) is 1. The van der Waals surface area contributed by atoms with Gasteiger partial charge in [-0.15, -0.1) is 18.3 Å². The van der Waals surface area contributed by atoms with E-state index in [1.807, 2.05) is 30.3 Å². The fourth-order valence-electron chi connectivity index (χ4n) is 4.01. The van der Waals surface area contributed by atoms with E-state index in [4.69, 9.17) is 0 Å². The van der Waals surface area contributed by atoms with E-state index in [2.05, 4.69) is 11.9 Å². The van der Waals surface area contributed by atoms with Crippen LogP contribution in [0.15, 0.2) is 76.9 Å². The number of carbonyl (C=O) groups excluding carboxylic acids is 1. The number of aryl methyl sites for hydroxylation is 1. The molecule has 170 valence electrons. The molecule has 0 aliphatic carbocycles. The molecule has 0 fully saturated rings. The van der Waals surface area contributed by atoms with Gasteiger partial charge in [0.05, 0.1) is 11.3 Å². The molecule has 1 amide bonds. The molecule has 0 saturated carbocycles. The molecule has 4 rings (SSSR count). The lowest BCUT2D eigenvalue weighted by molar-refractivity contribution is -0.137. The van der Waals surface area contributed by atoms with Gasteiger partial charge >= 0.3 is 6.18 Å². The zero-order valence-electron chi connectivity index (χ0n) is 17.8. The zero-order valence-corrected chi connectivity index (χ0v) is 18.6.